The number of fused-ring (bicyclic) bond motifs is 6. The average molecular weight is 1180 g/mol. The van der Waals surface area contributed by atoms with E-state index in [9.17, 15) is 42.3 Å². The molecule has 0 bridgehead atoms. The van der Waals surface area contributed by atoms with E-state index in [-0.39, 0.29) is 100.0 Å². The van der Waals surface area contributed by atoms with Crippen molar-refractivity contribution in [1.29, 1.82) is 0 Å². The quantitative estimate of drug-likeness (QED) is 0.0106. The van der Waals surface area contributed by atoms with Crippen molar-refractivity contribution in [2.75, 3.05) is 52.9 Å². The lowest BCUT2D eigenvalue weighted by molar-refractivity contribution is -0.142. The first-order valence-corrected chi connectivity index (χ1v) is 27.1. The SMILES string of the molecule is C=CC(=O)OCCCCOC(=O)Oc1ccc(OC(=O)c2cc(CC3c4cc(OCCCOC(=O)C(=C)F)ccc4-c4ccc(C(=O)Oc5ccc(OCCOC(=O)C=C)cc5)cc43)c3c(c2)C(C)c2cc(OCCOC(=O)C(=C)F)ccc2-3)cc1. The van der Waals surface area contributed by atoms with Crippen molar-refractivity contribution in [2.24, 2.45) is 0 Å². The summed E-state index contributed by atoms with van der Waals surface area (Å²) in [6.45, 7) is 14.5. The van der Waals surface area contributed by atoms with Crippen molar-refractivity contribution in [2.45, 2.75) is 44.4 Å². The Hall–Kier alpha value is -10.4. The number of carbonyl (C=O) groups excluding carboxylic acids is 7. The molecule has 0 spiro atoms. The zero-order chi connectivity index (χ0) is 61.3. The number of hydrogen-bond donors (Lipinski definition) is 0. The Balaban J connectivity index is 1.09. The van der Waals surface area contributed by atoms with Crippen LogP contribution in [-0.2, 0) is 49.3 Å². The van der Waals surface area contributed by atoms with E-state index in [1.165, 1.54) is 24.3 Å². The second kappa shape index (κ2) is 29.2. The topological polar surface area (TPSA) is 221 Å². The van der Waals surface area contributed by atoms with Gasteiger partial charge in [0.05, 0.1) is 37.6 Å². The summed E-state index contributed by atoms with van der Waals surface area (Å²) < 4.78 is 86.1. The summed E-state index contributed by atoms with van der Waals surface area (Å²) in [6.07, 6.45) is 2.50. The van der Waals surface area contributed by atoms with E-state index >= 15 is 0 Å². The monoisotopic (exact) mass is 1180 g/mol. The molecule has 2 aliphatic rings. The van der Waals surface area contributed by atoms with Gasteiger partial charge in [-0.3, -0.25) is 0 Å². The molecule has 20 heteroatoms. The molecular formula is C66H58F2O18. The van der Waals surface area contributed by atoms with Crippen molar-refractivity contribution in [3.05, 3.63) is 204 Å². The van der Waals surface area contributed by atoms with Gasteiger partial charge >= 0.3 is 42.0 Å². The third kappa shape index (κ3) is 16.0. The van der Waals surface area contributed by atoms with Gasteiger partial charge in [-0.15, -0.1) is 0 Å². The minimum absolute atomic E-state index is 0.00404. The van der Waals surface area contributed by atoms with Gasteiger partial charge in [-0.25, -0.2) is 33.6 Å². The van der Waals surface area contributed by atoms with E-state index in [4.69, 9.17) is 52.1 Å². The number of hydrogen-bond acceptors (Lipinski definition) is 18. The van der Waals surface area contributed by atoms with Crippen LogP contribution in [0.15, 0.2) is 165 Å². The predicted octanol–water partition coefficient (Wildman–Crippen LogP) is 11.9. The number of carbonyl (C=O) groups is 7. The first-order chi connectivity index (χ1) is 41.5. The molecule has 0 amide bonds. The Morgan fingerprint density at radius 1 is 0.442 bits per heavy atom. The highest BCUT2D eigenvalue weighted by Gasteiger charge is 2.35. The van der Waals surface area contributed by atoms with Gasteiger partial charge in [0.15, 0.2) is 0 Å². The van der Waals surface area contributed by atoms with Crippen LogP contribution >= 0.6 is 0 Å². The number of benzene rings is 6. The Kier molecular flexibility index (Phi) is 21.0. The smallest absolute Gasteiger partial charge is 0.493 e. The van der Waals surface area contributed by atoms with Crippen molar-refractivity contribution in [1.82, 2.24) is 0 Å². The number of halogens is 2. The molecule has 6 aromatic carbocycles. The molecule has 2 atom stereocenters. The molecule has 2 unspecified atom stereocenters. The van der Waals surface area contributed by atoms with Gasteiger partial charge in [-0.05, 0) is 166 Å². The van der Waals surface area contributed by atoms with Gasteiger partial charge in [0.1, 0.15) is 60.9 Å². The highest BCUT2D eigenvalue weighted by atomic mass is 19.1. The molecule has 0 aromatic heterocycles. The minimum Gasteiger partial charge on any atom is -0.493 e. The fraction of sp³-hybridized carbons (Fsp3) is 0.227. The third-order valence-electron chi connectivity index (χ3n) is 13.5. The van der Waals surface area contributed by atoms with Crippen LogP contribution in [0.1, 0.15) is 86.6 Å². The van der Waals surface area contributed by atoms with Crippen LogP contribution < -0.4 is 28.4 Å². The van der Waals surface area contributed by atoms with Gasteiger partial charge < -0.3 is 52.1 Å². The first-order valence-electron chi connectivity index (χ1n) is 27.1. The molecule has 86 heavy (non-hydrogen) atoms. The van der Waals surface area contributed by atoms with Gasteiger partial charge in [0.25, 0.3) is 0 Å². The van der Waals surface area contributed by atoms with E-state index in [0.29, 0.717) is 30.1 Å². The van der Waals surface area contributed by atoms with E-state index in [0.717, 1.165) is 62.2 Å². The molecule has 0 saturated heterocycles. The normalized spacial score (nSPS) is 13.0. The Morgan fingerprint density at radius 3 is 1.51 bits per heavy atom. The lowest BCUT2D eigenvalue weighted by Crippen LogP contribution is -2.13. The molecule has 18 nitrogen and oxygen atoms in total. The van der Waals surface area contributed by atoms with Crippen LogP contribution in [0.2, 0.25) is 0 Å². The number of ether oxygens (including phenoxy) is 11. The third-order valence-corrected chi connectivity index (χ3v) is 13.5. The van der Waals surface area contributed by atoms with Crippen LogP contribution in [0.25, 0.3) is 22.3 Å². The molecule has 0 radical (unpaired) electrons. The molecule has 0 aliphatic heterocycles. The summed E-state index contributed by atoms with van der Waals surface area (Å²) in [4.78, 5) is 86.9. The number of unbranched alkanes of at least 4 members (excludes halogenated alkanes) is 1. The molecule has 0 heterocycles. The molecular weight excluding hydrogens is 1120 g/mol. The maximum absolute atomic E-state index is 14.4. The highest BCUT2D eigenvalue weighted by molar-refractivity contribution is 5.96. The van der Waals surface area contributed by atoms with E-state index < -0.39 is 59.5 Å². The second-order valence-electron chi connectivity index (χ2n) is 19.2. The molecule has 2 aliphatic carbocycles. The fourth-order valence-corrected chi connectivity index (χ4v) is 9.51. The van der Waals surface area contributed by atoms with Gasteiger partial charge in [-0.1, -0.05) is 51.4 Å². The van der Waals surface area contributed by atoms with Crippen molar-refractivity contribution >= 4 is 42.0 Å². The van der Waals surface area contributed by atoms with E-state index in [1.807, 2.05) is 37.3 Å². The maximum atomic E-state index is 14.4. The number of rotatable bonds is 29. The molecule has 0 saturated carbocycles. The fourth-order valence-electron chi connectivity index (χ4n) is 9.51. The van der Waals surface area contributed by atoms with Gasteiger partial charge in [0.2, 0.25) is 11.7 Å². The summed E-state index contributed by atoms with van der Waals surface area (Å²) in [5, 5.41) is 0. The molecule has 6 aromatic rings. The van der Waals surface area contributed by atoms with Crippen LogP contribution in [-0.4, -0.2) is 94.8 Å². The molecule has 0 fully saturated rings. The highest BCUT2D eigenvalue weighted by Crippen LogP contribution is 2.52. The van der Waals surface area contributed by atoms with Crippen LogP contribution in [0.4, 0.5) is 13.6 Å². The molecule has 444 valence electrons. The maximum Gasteiger partial charge on any atom is 0.513 e. The van der Waals surface area contributed by atoms with Crippen LogP contribution in [0.3, 0.4) is 0 Å². The Morgan fingerprint density at radius 2 is 0.895 bits per heavy atom. The van der Waals surface area contributed by atoms with Crippen LogP contribution in [0.5, 0.6) is 34.5 Å². The van der Waals surface area contributed by atoms with E-state index in [1.54, 1.807) is 60.7 Å². The van der Waals surface area contributed by atoms with Gasteiger partial charge in [0, 0.05) is 30.4 Å². The predicted molar refractivity (Wildman–Crippen MR) is 307 cm³/mol. The van der Waals surface area contributed by atoms with Crippen LogP contribution in [0, 0.1) is 0 Å². The van der Waals surface area contributed by atoms with Crippen molar-refractivity contribution in [3.63, 3.8) is 0 Å². The van der Waals surface area contributed by atoms with Crippen molar-refractivity contribution < 1.29 is 94.4 Å². The minimum atomic E-state index is -1.23. The molecule has 0 N–H and O–H groups in total. The lowest BCUT2D eigenvalue weighted by Gasteiger charge is -2.20. The summed E-state index contributed by atoms with van der Waals surface area (Å²) in [5.74, 6) is -6.25. The largest absolute Gasteiger partial charge is 0.513 e. The zero-order valence-corrected chi connectivity index (χ0v) is 46.7. The summed E-state index contributed by atoms with van der Waals surface area (Å²) in [5.41, 5.74) is 7.73. The van der Waals surface area contributed by atoms with E-state index in [2.05, 4.69) is 26.3 Å². The first kappa shape index (κ1) is 61.7. The number of esters is 6. The summed E-state index contributed by atoms with van der Waals surface area (Å²) >= 11 is 0. The second-order valence-corrected chi connectivity index (χ2v) is 19.2. The Labute approximate surface area is 493 Å². The Bertz CT molecular complexity index is 3590. The summed E-state index contributed by atoms with van der Waals surface area (Å²) in [6, 6.07) is 32.0. The average Bonchev–Trinajstić information content (AvgIpc) is 3.05. The standard InChI is InChI=1S/C66H58F2O18/c1-6-59(69)79-25-8-9-26-83-66(75)86-48-18-16-47(17-19-48)85-65(74)44-33-43(61-53-24-21-49(37-54(53)39(3)55(61)36-44)78-30-32-82-63(72)41(5)68)35-57-56-34-42(64(73)84-46-14-12-45(13-15-46)77-29-31-80-60(70)7-2)11-22-51(56)52-23-20-50(38-58(52)57)76-27-10-28-81-62(71)40(4)67/h6-7,11-24,33-34,36-39,57H,1-2,4-5,8-10,25-32,35H2,3H3. The van der Waals surface area contributed by atoms with Crippen molar-refractivity contribution in [3.8, 4) is 56.8 Å². The molecule has 8 rings (SSSR count). The summed E-state index contributed by atoms with van der Waals surface area (Å²) in [7, 11) is 0. The zero-order valence-electron chi connectivity index (χ0n) is 46.7. The lowest BCUT2D eigenvalue weighted by atomic mass is 9.85. The van der Waals surface area contributed by atoms with Gasteiger partial charge in [-0.2, -0.15) is 8.78 Å².